The van der Waals surface area contributed by atoms with Gasteiger partial charge in [0.2, 0.25) is 5.90 Å². The van der Waals surface area contributed by atoms with Crippen LogP contribution in [0.25, 0.3) is 0 Å². The minimum Gasteiger partial charge on any atom is -0.494 e. The van der Waals surface area contributed by atoms with Crippen molar-refractivity contribution in [3.8, 4) is 5.75 Å². The molecule has 0 bridgehead atoms. The molecule has 0 saturated heterocycles. The topological polar surface area (TPSA) is 92.2 Å². The molecule has 204 valence electrons. The van der Waals surface area contributed by atoms with Gasteiger partial charge in [-0.3, -0.25) is 10.2 Å². The molecule has 3 aromatic carbocycles. The highest BCUT2D eigenvalue weighted by atomic mass is 79.9. The summed E-state index contributed by atoms with van der Waals surface area (Å²) in [6, 6.07) is 23.1. The molecule has 39 heavy (non-hydrogen) atoms. The van der Waals surface area contributed by atoms with Crippen LogP contribution in [0.5, 0.6) is 5.75 Å². The third kappa shape index (κ3) is 7.16. The fraction of sp³-hybridized carbons (Fsp3) is 0.267. The Kier molecular flexibility index (Phi) is 10.3. The van der Waals surface area contributed by atoms with Crippen LogP contribution >= 0.6 is 31.9 Å². The Balaban J connectivity index is 1.57. The number of ether oxygens (including phenoxy) is 2. The second-order valence-electron chi connectivity index (χ2n) is 9.06. The van der Waals surface area contributed by atoms with E-state index in [1.807, 2.05) is 72.8 Å². The van der Waals surface area contributed by atoms with Crippen molar-refractivity contribution in [2.45, 2.75) is 30.9 Å². The molecule has 7 nitrogen and oxygen atoms in total. The molecule has 1 aliphatic rings. The molecule has 0 aliphatic carbocycles. The van der Waals surface area contributed by atoms with Gasteiger partial charge in [0.25, 0.3) is 5.91 Å². The SMILES string of the molecule is C=CC[C@]1(C(=O)NNCCc2ccc(Br)cc2)N=C(c2ccc(OCCCO)cc2)O[C@H]1c1ccccc1Br. The lowest BCUT2D eigenvalue weighted by molar-refractivity contribution is -0.129. The summed E-state index contributed by atoms with van der Waals surface area (Å²) in [4.78, 5) is 18.7. The second-order valence-corrected chi connectivity index (χ2v) is 10.8. The van der Waals surface area contributed by atoms with Crippen molar-refractivity contribution in [2.24, 2.45) is 4.99 Å². The van der Waals surface area contributed by atoms with Crippen LogP contribution in [-0.4, -0.2) is 42.2 Å². The number of hydrogen-bond acceptors (Lipinski definition) is 6. The van der Waals surface area contributed by atoms with E-state index in [2.05, 4.69) is 49.3 Å². The summed E-state index contributed by atoms with van der Waals surface area (Å²) < 4.78 is 13.9. The number of nitrogens with zero attached hydrogens (tertiary/aromatic N) is 1. The number of aliphatic hydroxyl groups excluding tert-OH is 1. The first-order chi connectivity index (χ1) is 19.0. The van der Waals surface area contributed by atoms with Crippen LogP contribution in [-0.2, 0) is 16.0 Å². The van der Waals surface area contributed by atoms with Crippen molar-refractivity contribution in [1.82, 2.24) is 10.9 Å². The van der Waals surface area contributed by atoms with E-state index in [0.717, 1.165) is 32.1 Å². The van der Waals surface area contributed by atoms with Gasteiger partial charge in [-0.05, 0) is 54.4 Å². The van der Waals surface area contributed by atoms with E-state index in [0.29, 0.717) is 31.2 Å². The van der Waals surface area contributed by atoms with Crippen molar-refractivity contribution >= 4 is 43.7 Å². The number of hydrogen-bond donors (Lipinski definition) is 3. The largest absolute Gasteiger partial charge is 0.494 e. The summed E-state index contributed by atoms with van der Waals surface area (Å²) in [5.41, 5.74) is 7.35. The summed E-state index contributed by atoms with van der Waals surface area (Å²) in [6.07, 6.45) is 2.58. The molecule has 0 fully saturated rings. The van der Waals surface area contributed by atoms with Crippen LogP contribution in [0.1, 0.15) is 35.6 Å². The molecule has 9 heteroatoms. The molecule has 3 N–H and O–H groups in total. The number of rotatable bonds is 13. The summed E-state index contributed by atoms with van der Waals surface area (Å²) in [7, 11) is 0. The fourth-order valence-electron chi connectivity index (χ4n) is 4.31. The third-order valence-corrected chi connectivity index (χ3v) is 7.58. The van der Waals surface area contributed by atoms with Crippen molar-refractivity contribution in [3.05, 3.63) is 111 Å². The molecule has 0 spiro atoms. The number of hydrazine groups is 1. The molecule has 4 rings (SSSR count). The Morgan fingerprint density at radius 1 is 1.10 bits per heavy atom. The van der Waals surface area contributed by atoms with Gasteiger partial charge < -0.3 is 14.6 Å². The number of aliphatic imine (C=N–C) groups is 1. The maximum absolute atomic E-state index is 13.8. The summed E-state index contributed by atoms with van der Waals surface area (Å²) in [5.74, 6) is 0.737. The zero-order valence-corrected chi connectivity index (χ0v) is 24.6. The quantitative estimate of drug-likeness (QED) is 0.125. The van der Waals surface area contributed by atoms with E-state index in [9.17, 15) is 4.79 Å². The number of aliphatic hydroxyl groups is 1. The number of halogens is 2. The van der Waals surface area contributed by atoms with Gasteiger partial charge in [0, 0.05) is 46.1 Å². The second kappa shape index (κ2) is 13.9. The molecule has 0 radical (unpaired) electrons. The Morgan fingerprint density at radius 3 is 2.54 bits per heavy atom. The van der Waals surface area contributed by atoms with Crippen molar-refractivity contribution in [1.29, 1.82) is 0 Å². The maximum atomic E-state index is 13.8. The average molecular weight is 657 g/mol. The number of amides is 1. The Bertz CT molecular complexity index is 1300. The maximum Gasteiger partial charge on any atom is 0.266 e. The highest BCUT2D eigenvalue weighted by Crippen LogP contribution is 2.44. The molecule has 1 heterocycles. The van der Waals surface area contributed by atoms with Gasteiger partial charge in [-0.2, -0.15) is 0 Å². The molecule has 3 aromatic rings. The van der Waals surface area contributed by atoms with Gasteiger partial charge in [0.1, 0.15) is 5.75 Å². The zero-order valence-electron chi connectivity index (χ0n) is 21.4. The Labute approximate surface area is 245 Å². The lowest BCUT2D eigenvalue weighted by Gasteiger charge is -2.30. The van der Waals surface area contributed by atoms with Crippen LogP contribution in [0.3, 0.4) is 0 Å². The molecule has 0 saturated carbocycles. The van der Waals surface area contributed by atoms with E-state index >= 15 is 0 Å². The Hall–Kier alpha value is -2.98. The normalized spacial score (nSPS) is 18.2. The molecule has 1 amide bonds. The fourth-order valence-corrected chi connectivity index (χ4v) is 5.07. The highest BCUT2D eigenvalue weighted by molar-refractivity contribution is 9.10. The minimum absolute atomic E-state index is 0.0751. The van der Waals surface area contributed by atoms with Gasteiger partial charge in [0.05, 0.1) is 6.61 Å². The predicted molar refractivity (Wildman–Crippen MR) is 160 cm³/mol. The number of carbonyl (C=O) groups is 1. The average Bonchev–Trinajstić information content (AvgIpc) is 3.33. The molecule has 2 atom stereocenters. The highest BCUT2D eigenvalue weighted by Gasteiger charge is 2.53. The lowest BCUT2D eigenvalue weighted by atomic mass is 9.84. The van der Waals surface area contributed by atoms with Gasteiger partial charge >= 0.3 is 0 Å². The van der Waals surface area contributed by atoms with E-state index in [-0.39, 0.29) is 18.9 Å². The van der Waals surface area contributed by atoms with Crippen molar-refractivity contribution in [2.75, 3.05) is 19.8 Å². The first-order valence-electron chi connectivity index (χ1n) is 12.7. The number of benzene rings is 3. The van der Waals surface area contributed by atoms with E-state index in [4.69, 9.17) is 19.6 Å². The van der Waals surface area contributed by atoms with E-state index in [1.54, 1.807) is 6.08 Å². The molecule has 1 aliphatic heterocycles. The predicted octanol–water partition coefficient (Wildman–Crippen LogP) is 5.67. The number of nitrogens with one attached hydrogen (secondary N) is 2. The molecule has 0 unspecified atom stereocenters. The lowest BCUT2D eigenvalue weighted by Crippen LogP contribution is -2.52. The standard InChI is InChI=1S/C30H31Br2N3O4/c1-2-17-30(29(37)35-33-18-16-21-8-12-23(31)13-9-21)27(25-6-3-4-7-26(25)32)39-28(34-30)22-10-14-24(15-11-22)38-20-5-19-36/h2-4,6-15,27,33,36H,1,5,16-20H2,(H,35,37)/t27-,30-/m0/s1. The van der Waals surface area contributed by atoms with Crippen LogP contribution in [0.4, 0.5) is 0 Å². The molecule has 0 aromatic heterocycles. The zero-order chi connectivity index (χ0) is 27.7. The smallest absolute Gasteiger partial charge is 0.266 e. The summed E-state index contributed by atoms with van der Waals surface area (Å²) in [6.45, 7) is 4.96. The summed E-state index contributed by atoms with van der Waals surface area (Å²) >= 11 is 7.08. The van der Waals surface area contributed by atoms with Gasteiger partial charge in [-0.15, -0.1) is 6.58 Å². The van der Waals surface area contributed by atoms with Gasteiger partial charge in [0.15, 0.2) is 11.6 Å². The van der Waals surface area contributed by atoms with Crippen molar-refractivity contribution in [3.63, 3.8) is 0 Å². The van der Waals surface area contributed by atoms with Crippen LogP contribution < -0.4 is 15.6 Å². The molecular weight excluding hydrogens is 626 g/mol. The monoisotopic (exact) mass is 655 g/mol. The third-order valence-electron chi connectivity index (χ3n) is 6.33. The van der Waals surface area contributed by atoms with E-state index < -0.39 is 11.6 Å². The van der Waals surface area contributed by atoms with E-state index in [1.165, 1.54) is 0 Å². The first-order valence-corrected chi connectivity index (χ1v) is 14.3. The van der Waals surface area contributed by atoms with Gasteiger partial charge in [-0.25, -0.2) is 10.4 Å². The minimum atomic E-state index is -1.28. The van der Waals surface area contributed by atoms with Crippen LogP contribution in [0, 0.1) is 0 Å². The van der Waals surface area contributed by atoms with Crippen LogP contribution in [0.15, 0.2) is 99.4 Å². The summed E-state index contributed by atoms with van der Waals surface area (Å²) in [5, 5.41) is 8.98. The first kappa shape index (κ1) is 29.0. The van der Waals surface area contributed by atoms with Gasteiger partial charge in [-0.1, -0.05) is 68.3 Å². The molecular formula is C30H31Br2N3O4. The van der Waals surface area contributed by atoms with Crippen LogP contribution in [0.2, 0.25) is 0 Å². The Morgan fingerprint density at radius 2 is 1.85 bits per heavy atom. The number of carbonyl (C=O) groups excluding carboxylic acids is 1. The van der Waals surface area contributed by atoms with Crippen molar-refractivity contribution < 1.29 is 19.4 Å².